The molecule has 4 rings (SSSR count). The quantitative estimate of drug-likeness (QED) is 0.802. The minimum Gasteiger partial charge on any atom is -0.497 e. The lowest BCUT2D eigenvalue weighted by Gasteiger charge is -2.44. The Morgan fingerprint density at radius 3 is 2.52 bits per heavy atom. The van der Waals surface area contributed by atoms with E-state index in [1.54, 1.807) is 7.11 Å². The molecule has 2 heterocycles. The van der Waals surface area contributed by atoms with E-state index in [0.717, 1.165) is 16.9 Å². The van der Waals surface area contributed by atoms with Gasteiger partial charge in [0, 0.05) is 5.56 Å². The van der Waals surface area contributed by atoms with Crippen LogP contribution < -0.4 is 4.74 Å². The van der Waals surface area contributed by atoms with Gasteiger partial charge < -0.3 is 23.7 Å². The molecule has 0 aromatic heterocycles. The molecule has 1 unspecified atom stereocenters. The molecule has 2 aromatic rings. The zero-order chi connectivity index (χ0) is 18.6. The maximum Gasteiger partial charge on any atom is 0.184 e. The molecule has 0 radical (unpaired) electrons. The second-order valence-electron chi connectivity index (χ2n) is 6.69. The molecule has 2 aliphatic rings. The van der Waals surface area contributed by atoms with Crippen LogP contribution in [0.25, 0.3) is 0 Å². The van der Waals surface area contributed by atoms with Gasteiger partial charge >= 0.3 is 0 Å². The molecule has 2 fully saturated rings. The van der Waals surface area contributed by atoms with E-state index in [-0.39, 0.29) is 12.7 Å². The van der Waals surface area contributed by atoms with Crippen molar-refractivity contribution in [2.24, 2.45) is 0 Å². The van der Waals surface area contributed by atoms with E-state index in [0.29, 0.717) is 13.2 Å². The standard InChI is InChI=1S/C21H23FO5/c1-23-16-9-7-14(8-10-16)11-25-19-17(22)12-24-18-13-26-21(27-20(18)19)15-5-3-2-4-6-15/h2-10,17-21H,11-13H2,1H3/t17-,18-,19-,20-,21?/m1/s1. The molecule has 2 aliphatic heterocycles. The van der Waals surface area contributed by atoms with Crippen molar-refractivity contribution in [3.05, 3.63) is 65.7 Å². The summed E-state index contributed by atoms with van der Waals surface area (Å²) in [7, 11) is 1.62. The maximum absolute atomic E-state index is 14.6. The number of methoxy groups -OCH3 is 1. The molecular formula is C21H23FO5. The Morgan fingerprint density at radius 2 is 1.78 bits per heavy atom. The first-order valence-electron chi connectivity index (χ1n) is 9.07. The Bertz CT molecular complexity index is 723. The second-order valence-corrected chi connectivity index (χ2v) is 6.69. The SMILES string of the molecule is COc1ccc(CO[C@H]2[C@@H]3OC(c4ccccc4)OC[C@H]3OC[C@H]2F)cc1. The first kappa shape index (κ1) is 18.4. The third-order valence-corrected chi connectivity index (χ3v) is 4.88. The summed E-state index contributed by atoms with van der Waals surface area (Å²) in [5, 5.41) is 0. The monoisotopic (exact) mass is 374 g/mol. The van der Waals surface area contributed by atoms with Crippen LogP contribution in [0.5, 0.6) is 5.75 Å². The van der Waals surface area contributed by atoms with Crippen molar-refractivity contribution >= 4 is 0 Å². The number of alkyl halides is 1. The van der Waals surface area contributed by atoms with E-state index < -0.39 is 24.7 Å². The molecule has 2 saturated heterocycles. The number of hydrogen-bond donors (Lipinski definition) is 0. The van der Waals surface area contributed by atoms with Crippen LogP contribution in [-0.2, 0) is 25.6 Å². The van der Waals surface area contributed by atoms with Gasteiger partial charge in [-0.1, -0.05) is 42.5 Å². The molecule has 0 N–H and O–H groups in total. The number of rotatable bonds is 5. The van der Waals surface area contributed by atoms with Gasteiger partial charge in [-0.15, -0.1) is 0 Å². The largest absolute Gasteiger partial charge is 0.497 e. The summed E-state index contributed by atoms with van der Waals surface area (Å²) < 4.78 is 43.1. The predicted molar refractivity (Wildman–Crippen MR) is 96.2 cm³/mol. The molecule has 0 amide bonds. The topological polar surface area (TPSA) is 46.2 Å². The minimum atomic E-state index is -1.25. The fourth-order valence-electron chi connectivity index (χ4n) is 3.39. The summed E-state index contributed by atoms with van der Waals surface area (Å²) in [5.41, 5.74) is 1.84. The number of ether oxygens (including phenoxy) is 5. The molecule has 0 aliphatic carbocycles. The van der Waals surface area contributed by atoms with Gasteiger partial charge in [0.15, 0.2) is 12.5 Å². The van der Waals surface area contributed by atoms with E-state index in [9.17, 15) is 4.39 Å². The zero-order valence-corrected chi connectivity index (χ0v) is 15.1. The highest BCUT2D eigenvalue weighted by Crippen LogP contribution is 2.34. The van der Waals surface area contributed by atoms with Crippen molar-refractivity contribution in [3.63, 3.8) is 0 Å². The number of halogens is 1. The normalized spacial score (nSPS) is 30.5. The highest BCUT2D eigenvalue weighted by atomic mass is 19.1. The van der Waals surface area contributed by atoms with Gasteiger partial charge in [0.1, 0.15) is 24.1 Å². The molecule has 6 heteroatoms. The van der Waals surface area contributed by atoms with Gasteiger partial charge in [0.2, 0.25) is 0 Å². The van der Waals surface area contributed by atoms with Crippen LogP contribution in [-0.4, -0.2) is 44.8 Å². The van der Waals surface area contributed by atoms with Crippen LogP contribution in [0.1, 0.15) is 17.4 Å². The van der Waals surface area contributed by atoms with Crippen LogP contribution in [0, 0.1) is 0 Å². The summed E-state index contributed by atoms with van der Waals surface area (Å²) in [6, 6.07) is 17.1. The lowest BCUT2D eigenvalue weighted by molar-refractivity contribution is -0.315. The van der Waals surface area contributed by atoms with E-state index in [4.69, 9.17) is 23.7 Å². The van der Waals surface area contributed by atoms with Crippen molar-refractivity contribution < 1.29 is 28.1 Å². The molecule has 27 heavy (non-hydrogen) atoms. The first-order chi connectivity index (χ1) is 13.2. The van der Waals surface area contributed by atoms with E-state index in [1.807, 2.05) is 54.6 Å². The second kappa shape index (κ2) is 8.35. The van der Waals surface area contributed by atoms with Crippen molar-refractivity contribution in [2.75, 3.05) is 20.3 Å². The summed E-state index contributed by atoms with van der Waals surface area (Å²) in [6.45, 7) is 0.620. The summed E-state index contributed by atoms with van der Waals surface area (Å²) >= 11 is 0. The molecule has 5 nitrogen and oxygen atoms in total. The van der Waals surface area contributed by atoms with Crippen LogP contribution in [0.4, 0.5) is 4.39 Å². The summed E-state index contributed by atoms with van der Waals surface area (Å²) in [4.78, 5) is 0. The Morgan fingerprint density at radius 1 is 1.00 bits per heavy atom. The van der Waals surface area contributed by atoms with Gasteiger partial charge in [-0.2, -0.15) is 0 Å². The maximum atomic E-state index is 14.6. The molecule has 144 valence electrons. The third-order valence-electron chi connectivity index (χ3n) is 4.88. The average molecular weight is 374 g/mol. The highest BCUT2D eigenvalue weighted by molar-refractivity contribution is 5.26. The smallest absolute Gasteiger partial charge is 0.184 e. The Balaban J connectivity index is 1.44. The Kier molecular flexibility index (Phi) is 5.69. The molecule has 0 spiro atoms. The molecule has 0 saturated carbocycles. The lowest BCUT2D eigenvalue weighted by Crippen LogP contribution is -2.57. The van der Waals surface area contributed by atoms with Gasteiger partial charge in [0.05, 0.1) is 26.9 Å². The summed E-state index contributed by atoms with van der Waals surface area (Å²) in [5.74, 6) is 0.770. The summed E-state index contributed by atoms with van der Waals surface area (Å²) in [6.07, 6.45) is -3.36. The fraction of sp³-hybridized carbons (Fsp3) is 0.429. The Hall–Kier alpha value is -1.99. The molecule has 2 aromatic carbocycles. The van der Waals surface area contributed by atoms with Gasteiger partial charge in [-0.05, 0) is 17.7 Å². The molecule has 0 bridgehead atoms. The first-order valence-corrected chi connectivity index (χ1v) is 9.07. The predicted octanol–water partition coefficient (Wildman–Crippen LogP) is 3.43. The van der Waals surface area contributed by atoms with Crippen LogP contribution in [0.15, 0.2) is 54.6 Å². The number of hydrogen-bond acceptors (Lipinski definition) is 5. The van der Waals surface area contributed by atoms with Gasteiger partial charge in [-0.3, -0.25) is 0 Å². The van der Waals surface area contributed by atoms with Crippen LogP contribution >= 0.6 is 0 Å². The van der Waals surface area contributed by atoms with E-state index in [1.165, 1.54) is 0 Å². The van der Waals surface area contributed by atoms with Crippen molar-refractivity contribution in [1.29, 1.82) is 0 Å². The third kappa shape index (κ3) is 4.14. The van der Waals surface area contributed by atoms with Gasteiger partial charge in [-0.25, -0.2) is 4.39 Å². The highest BCUT2D eigenvalue weighted by Gasteiger charge is 2.46. The minimum absolute atomic E-state index is 0.0167. The fourth-order valence-corrected chi connectivity index (χ4v) is 3.39. The molecular weight excluding hydrogens is 351 g/mol. The van der Waals surface area contributed by atoms with Crippen molar-refractivity contribution in [3.8, 4) is 5.75 Å². The van der Waals surface area contributed by atoms with E-state index >= 15 is 0 Å². The van der Waals surface area contributed by atoms with Crippen LogP contribution in [0.3, 0.4) is 0 Å². The Labute approximate surface area is 157 Å². The van der Waals surface area contributed by atoms with Crippen LogP contribution in [0.2, 0.25) is 0 Å². The van der Waals surface area contributed by atoms with Gasteiger partial charge in [0.25, 0.3) is 0 Å². The van der Waals surface area contributed by atoms with Crippen molar-refractivity contribution in [2.45, 2.75) is 37.4 Å². The molecule has 5 atom stereocenters. The van der Waals surface area contributed by atoms with E-state index in [2.05, 4.69) is 0 Å². The zero-order valence-electron chi connectivity index (χ0n) is 15.1. The number of fused-ring (bicyclic) bond motifs is 1. The average Bonchev–Trinajstić information content (AvgIpc) is 2.73. The van der Waals surface area contributed by atoms with Crippen molar-refractivity contribution in [1.82, 2.24) is 0 Å². The number of benzene rings is 2. The lowest BCUT2D eigenvalue weighted by atomic mass is 9.99.